The molecule has 0 bridgehead atoms. The molecule has 1 nitrogen and oxygen atoms in total. The van der Waals surface area contributed by atoms with E-state index in [-0.39, 0.29) is 18.5 Å². The molecule has 1 atom stereocenters. The minimum atomic E-state index is -5.55. The van der Waals surface area contributed by atoms with Crippen LogP contribution in [0.1, 0.15) is 31.2 Å². The molecule has 1 aliphatic rings. The molecule has 1 saturated heterocycles. The number of hydrogen-bond acceptors (Lipinski definition) is 0. The zero-order valence-electron chi connectivity index (χ0n) is 10.9. The molecule has 2 rings (SSSR count). The van der Waals surface area contributed by atoms with Crippen LogP contribution in [0.5, 0.6) is 0 Å². The van der Waals surface area contributed by atoms with Crippen molar-refractivity contribution in [3.63, 3.8) is 0 Å². The van der Waals surface area contributed by atoms with Crippen molar-refractivity contribution < 1.29 is 27.3 Å². The molecule has 1 aliphatic heterocycles. The summed E-state index contributed by atoms with van der Waals surface area (Å²) < 4.78 is 67.1. The fraction of sp³-hybridized carbons (Fsp3) is 0.571. The zero-order chi connectivity index (χ0) is 14.9. The van der Waals surface area contributed by atoms with Gasteiger partial charge in [-0.2, -0.15) is 22.0 Å². The maximum absolute atomic E-state index is 14.2. The maximum atomic E-state index is 14.2. The van der Waals surface area contributed by atoms with Crippen LogP contribution in [0.25, 0.3) is 0 Å². The number of hydrogen-bond donors (Lipinski definition) is 1. The number of rotatable bonds is 2. The Hall–Kier alpha value is -1.17. The van der Waals surface area contributed by atoms with Gasteiger partial charge in [-0.15, -0.1) is 0 Å². The molecule has 0 amide bonds. The van der Waals surface area contributed by atoms with Crippen molar-refractivity contribution in [3.05, 3.63) is 35.9 Å². The van der Waals surface area contributed by atoms with Crippen molar-refractivity contribution in [2.24, 2.45) is 0 Å². The first-order valence-corrected chi connectivity index (χ1v) is 6.66. The Balaban J connectivity index is 2.55. The van der Waals surface area contributed by atoms with Crippen molar-refractivity contribution in [3.8, 4) is 0 Å². The van der Waals surface area contributed by atoms with Gasteiger partial charge in [0.2, 0.25) is 0 Å². The molecule has 1 aromatic carbocycles. The number of benzene rings is 1. The van der Waals surface area contributed by atoms with Crippen molar-refractivity contribution in [2.75, 3.05) is 6.54 Å². The smallest absolute Gasteiger partial charge is 0.332 e. The average Bonchev–Trinajstić information content (AvgIpc) is 2.65. The van der Waals surface area contributed by atoms with Crippen molar-refractivity contribution >= 4 is 0 Å². The third-order valence-corrected chi connectivity index (χ3v) is 3.97. The second-order valence-electron chi connectivity index (χ2n) is 5.21. The lowest BCUT2D eigenvalue weighted by Gasteiger charge is -2.38. The maximum Gasteiger partial charge on any atom is 0.460 e. The van der Waals surface area contributed by atoms with Gasteiger partial charge in [0.15, 0.2) is 5.54 Å². The normalized spacial score (nSPS) is 25.2. The summed E-state index contributed by atoms with van der Waals surface area (Å²) in [5, 5.41) is 1.18. The molecule has 0 aliphatic carbocycles. The zero-order valence-corrected chi connectivity index (χ0v) is 10.9. The monoisotopic (exact) mass is 294 g/mol. The molecule has 1 aromatic rings. The molecule has 6 heteroatoms. The number of nitrogens with two attached hydrogens (primary N) is 1. The summed E-state index contributed by atoms with van der Waals surface area (Å²) in [5.74, 6) is -4.76. The third-order valence-electron chi connectivity index (χ3n) is 3.97. The number of quaternary nitrogens is 1. The van der Waals surface area contributed by atoms with Gasteiger partial charge in [-0.25, -0.2) is 0 Å². The van der Waals surface area contributed by atoms with E-state index in [2.05, 4.69) is 0 Å². The molecule has 1 fully saturated rings. The first-order valence-electron chi connectivity index (χ1n) is 6.66. The van der Waals surface area contributed by atoms with E-state index in [0.29, 0.717) is 19.3 Å². The summed E-state index contributed by atoms with van der Waals surface area (Å²) in [6, 6.07) is 7.34. The Kier molecular flexibility index (Phi) is 4.04. The van der Waals surface area contributed by atoms with Crippen molar-refractivity contribution in [1.29, 1.82) is 0 Å². The highest BCUT2D eigenvalue weighted by molar-refractivity contribution is 5.26. The van der Waals surface area contributed by atoms with Crippen LogP contribution in [-0.2, 0) is 5.54 Å². The minimum Gasteiger partial charge on any atom is -0.332 e. The van der Waals surface area contributed by atoms with Crippen LogP contribution in [-0.4, -0.2) is 18.6 Å². The fourth-order valence-electron chi connectivity index (χ4n) is 2.89. The van der Waals surface area contributed by atoms with Crippen LogP contribution in [0.3, 0.4) is 0 Å². The first kappa shape index (κ1) is 15.2. The molecule has 0 unspecified atom stereocenters. The highest BCUT2D eigenvalue weighted by Gasteiger charge is 2.73. The summed E-state index contributed by atoms with van der Waals surface area (Å²) in [5.41, 5.74) is -2.20. The molecule has 20 heavy (non-hydrogen) atoms. The fourth-order valence-corrected chi connectivity index (χ4v) is 2.89. The molecular formula is C14H17F5N+. The Morgan fingerprint density at radius 1 is 0.900 bits per heavy atom. The molecule has 112 valence electrons. The van der Waals surface area contributed by atoms with E-state index in [0.717, 1.165) is 0 Å². The predicted octanol–water partition coefficient (Wildman–Crippen LogP) is 3.22. The van der Waals surface area contributed by atoms with Crippen LogP contribution < -0.4 is 5.32 Å². The first-order chi connectivity index (χ1) is 9.31. The van der Waals surface area contributed by atoms with Crippen LogP contribution >= 0.6 is 0 Å². The lowest BCUT2D eigenvalue weighted by atomic mass is 9.79. The van der Waals surface area contributed by atoms with E-state index < -0.39 is 17.6 Å². The quantitative estimate of drug-likeness (QED) is 0.807. The lowest BCUT2D eigenvalue weighted by Crippen LogP contribution is -2.99. The molecule has 0 radical (unpaired) electrons. The van der Waals surface area contributed by atoms with Crippen molar-refractivity contribution in [2.45, 2.75) is 43.3 Å². The minimum absolute atomic E-state index is 0.0456. The standard InChI is InChI=1S/C14H16F5N/c15-13(16,14(17,18)19)12(9-5-2-6-10-20-12)11-7-3-1-4-8-11/h1,3-4,7-8,20H,2,5-6,9-10H2/p+1/t12-/m1/s1. The molecule has 2 N–H and O–H groups in total. The summed E-state index contributed by atoms with van der Waals surface area (Å²) in [6.07, 6.45) is -4.02. The van der Waals surface area contributed by atoms with Gasteiger partial charge in [0.1, 0.15) is 0 Å². The van der Waals surface area contributed by atoms with Crippen LogP contribution in [0.4, 0.5) is 22.0 Å². The van der Waals surface area contributed by atoms with Crippen LogP contribution in [0, 0.1) is 0 Å². The van der Waals surface area contributed by atoms with Crippen LogP contribution in [0.15, 0.2) is 30.3 Å². The summed E-state index contributed by atoms with van der Waals surface area (Å²) in [7, 11) is 0. The summed E-state index contributed by atoms with van der Waals surface area (Å²) in [6.45, 7) is 0.278. The van der Waals surface area contributed by atoms with Crippen molar-refractivity contribution in [1.82, 2.24) is 0 Å². The van der Waals surface area contributed by atoms with Gasteiger partial charge in [-0.3, -0.25) is 0 Å². The largest absolute Gasteiger partial charge is 0.460 e. The van der Waals surface area contributed by atoms with Gasteiger partial charge in [0.05, 0.1) is 6.54 Å². The van der Waals surface area contributed by atoms with E-state index in [1.54, 1.807) is 6.07 Å². The number of halogens is 5. The average molecular weight is 294 g/mol. The Labute approximate surface area is 114 Å². The highest BCUT2D eigenvalue weighted by atomic mass is 19.4. The second-order valence-corrected chi connectivity index (χ2v) is 5.21. The lowest BCUT2D eigenvalue weighted by molar-refractivity contribution is -0.762. The Bertz CT molecular complexity index is 433. The Morgan fingerprint density at radius 2 is 1.55 bits per heavy atom. The highest BCUT2D eigenvalue weighted by Crippen LogP contribution is 2.48. The van der Waals surface area contributed by atoms with Gasteiger partial charge in [0, 0.05) is 12.0 Å². The van der Waals surface area contributed by atoms with E-state index in [4.69, 9.17) is 0 Å². The van der Waals surface area contributed by atoms with Gasteiger partial charge in [0.25, 0.3) is 0 Å². The second kappa shape index (κ2) is 5.31. The molecule has 0 saturated carbocycles. The van der Waals surface area contributed by atoms with Gasteiger partial charge in [-0.05, 0) is 19.3 Å². The molecule has 0 spiro atoms. The Morgan fingerprint density at radius 3 is 2.15 bits per heavy atom. The SMILES string of the molecule is FC(F)(F)C(F)(F)[C@]1(c2ccccc2)CCCCC[NH2+]1. The van der Waals surface area contributed by atoms with Gasteiger partial charge >= 0.3 is 12.1 Å². The van der Waals surface area contributed by atoms with E-state index in [1.165, 1.54) is 29.6 Å². The van der Waals surface area contributed by atoms with E-state index >= 15 is 0 Å². The van der Waals surface area contributed by atoms with E-state index in [1.807, 2.05) is 0 Å². The number of alkyl halides is 5. The third kappa shape index (κ3) is 2.41. The summed E-state index contributed by atoms with van der Waals surface area (Å²) in [4.78, 5) is 0. The molecule has 0 aromatic heterocycles. The van der Waals surface area contributed by atoms with E-state index in [9.17, 15) is 22.0 Å². The summed E-state index contributed by atoms with van der Waals surface area (Å²) >= 11 is 0. The predicted molar refractivity (Wildman–Crippen MR) is 64.4 cm³/mol. The molecule has 1 heterocycles. The van der Waals surface area contributed by atoms with Gasteiger partial charge in [-0.1, -0.05) is 30.3 Å². The molecular weight excluding hydrogens is 277 g/mol. The van der Waals surface area contributed by atoms with Crippen LogP contribution in [0.2, 0.25) is 0 Å². The van der Waals surface area contributed by atoms with Gasteiger partial charge < -0.3 is 5.32 Å². The topological polar surface area (TPSA) is 16.6 Å².